The predicted octanol–water partition coefficient (Wildman–Crippen LogP) is 4.15. The third kappa shape index (κ3) is 4.57. The zero-order valence-corrected chi connectivity index (χ0v) is 14.5. The highest BCUT2D eigenvalue weighted by atomic mass is 16.5. The molecule has 0 radical (unpaired) electrons. The van der Waals surface area contributed by atoms with Crippen molar-refractivity contribution in [3.63, 3.8) is 0 Å². The quantitative estimate of drug-likeness (QED) is 0.671. The first kappa shape index (κ1) is 17.4. The molecule has 6 heteroatoms. The first-order valence-electron chi connectivity index (χ1n) is 8.45. The molecule has 0 spiro atoms. The second-order valence-electron chi connectivity index (χ2n) is 5.58. The summed E-state index contributed by atoms with van der Waals surface area (Å²) in [6.45, 7) is 2.61. The van der Waals surface area contributed by atoms with E-state index in [1.807, 2.05) is 61.5 Å². The number of hydrogen-bond donors (Lipinski definition) is 2. The molecule has 6 nitrogen and oxygen atoms in total. The molecule has 132 valence electrons. The van der Waals surface area contributed by atoms with E-state index in [1.54, 1.807) is 6.07 Å². The fourth-order valence-corrected chi connectivity index (χ4v) is 2.29. The number of carbonyl (C=O) groups excluding carboxylic acids is 1. The van der Waals surface area contributed by atoms with Gasteiger partial charge in [0, 0.05) is 12.6 Å². The van der Waals surface area contributed by atoms with Gasteiger partial charge in [0.2, 0.25) is 0 Å². The van der Waals surface area contributed by atoms with Crippen LogP contribution >= 0.6 is 0 Å². The molecule has 3 aromatic rings. The maximum absolute atomic E-state index is 12.1. The van der Waals surface area contributed by atoms with Crippen LogP contribution in [0.2, 0.25) is 0 Å². The second-order valence-corrected chi connectivity index (χ2v) is 5.58. The van der Waals surface area contributed by atoms with Crippen molar-refractivity contribution in [1.29, 1.82) is 0 Å². The van der Waals surface area contributed by atoms with Crippen LogP contribution in [0.1, 0.15) is 23.8 Å². The van der Waals surface area contributed by atoms with Gasteiger partial charge in [0.25, 0.3) is 5.91 Å². The molecule has 0 aliphatic heterocycles. The minimum atomic E-state index is -0.217. The molecule has 2 aromatic carbocycles. The number of rotatable bonds is 7. The maximum Gasteiger partial charge on any atom is 0.270 e. The summed E-state index contributed by atoms with van der Waals surface area (Å²) in [5.41, 5.74) is 1.06. The van der Waals surface area contributed by atoms with Crippen molar-refractivity contribution in [3.05, 3.63) is 72.7 Å². The Labute approximate surface area is 152 Å². The van der Waals surface area contributed by atoms with Crippen LogP contribution in [-0.4, -0.2) is 22.4 Å². The molecule has 2 N–H and O–H groups in total. The van der Waals surface area contributed by atoms with E-state index in [-0.39, 0.29) is 5.91 Å². The van der Waals surface area contributed by atoms with Gasteiger partial charge in [-0.25, -0.2) is 9.97 Å². The van der Waals surface area contributed by atoms with Crippen molar-refractivity contribution >= 4 is 17.4 Å². The minimum Gasteiger partial charge on any atom is -0.455 e. The highest BCUT2D eigenvalue weighted by Gasteiger charge is 2.10. The van der Waals surface area contributed by atoms with Crippen LogP contribution in [0, 0.1) is 0 Å². The SMILES string of the molecule is CCCNC(=O)c1cc(Nc2ccccc2Oc2ccccc2)ncn1. The van der Waals surface area contributed by atoms with Gasteiger partial charge in [0.1, 0.15) is 23.6 Å². The highest BCUT2D eigenvalue weighted by Crippen LogP contribution is 2.30. The smallest absolute Gasteiger partial charge is 0.270 e. The summed E-state index contributed by atoms with van der Waals surface area (Å²) >= 11 is 0. The number of para-hydroxylation sites is 3. The minimum absolute atomic E-state index is 0.217. The summed E-state index contributed by atoms with van der Waals surface area (Å²) in [5, 5.41) is 5.99. The van der Waals surface area contributed by atoms with E-state index in [1.165, 1.54) is 6.33 Å². The molecule has 0 aliphatic rings. The van der Waals surface area contributed by atoms with Crippen LogP contribution in [0.4, 0.5) is 11.5 Å². The summed E-state index contributed by atoms with van der Waals surface area (Å²) < 4.78 is 5.93. The van der Waals surface area contributed by atoms with Gasteiger partial charge in [-0.3, -0.25) is 4.79 Å². The van der Waals surface area contributed by atoms with Crippen molar-refractivity contribution < 1.29 is 9.53 Å². The van der Waals surface area contributed by atoms with Gasteiger partial charge in [0.05, 0.1) is 5.69 Å². The summed E-state index contributed by atoms with van der Waals surface area (Å²) in [5.74, 6) is 1.70. The molecule has 3 rings (SSSR count). The van der Waals surface area contributed by atoms with Crippen LogP contribution in [-0.2, 0) is 0 Å². The van der Waals surface area contributed by atoms with Crippen LogP contribution < -0.4 is 15.4 Å². The van der Waals surface area contributed by atoms with Crippen LogP contribution in [0.5, 0.6) is 11.5 Å². The van der Waals surface area contributed by atoms with Gasteiger partial charge in [-0.15, -0.1) is 0 Å². The van der Waals surface area contributed by atoms with Gasteiger partial charge in [-0.2, -0.15) is 0 Å². The summed E-state index contributed by atoms with van der Waals surface area (Å²) in [6, 6.07) is 18.7. The summed E-state index contributed by atoms with van der Waals surface area (Å²) in [4.78, 5) is 20.3. The monoisotopic (exact) mass is 348 g/mol. The number of ether oxygens (including phenoxy) is 1. The average molecular weight is 348 g/mol. The first-order valence-corrected chi connectivity index (χ1v) is 8.45. The zero-order valence-electron chi connectivity index (χ0n) is 14.5. The lowest BCUT2D eigenvalue weighted by Gasteiger charge is -2.13. The van der Waals surface area contributed by atoms with Gasteiger partial charge in [0.15, 0.2) is 5.75 Å². The van der Waals surface area contributed by atoms with Crippen molar-refractivity contribution in [1.82, 2.24) is 15.3 Å². The van der Waals surface area contributed by atoms with E-state index in [4.69, 9.17) is 4.74 Å². The third-order valence-corrected chi connectivity index (χ3v) is 3.56. The number of nitrogens with one attached hydrogen (secondary N) is 2. The van der Waals surface area contributed by atoms with Crippen molar-refractivity contribution in [3.8, 4) is 11.5 Å². The molecule has 0 atom stereocenters. The molecule has 1 aromatic heterocycles. The Morgan fingerprint density at radius 3 is 2.62 bits per heavy atom. The van der Waals surface area contributed by atoms with E-state index in [9.17, 15) is 4.79 Å². The lowest BCUT2D eigenvalue weighted by molar-refractivity contribution is 0.0948. The number of benzene rings is 2. The number of aromatic nitrogens is 2. The van der Waals surface area contributed by atoms with Crippen LogP contribution in [0.3, 0.4) is 0 Å². The molecule has 0 aliphatic carbocycles. The largest absolute Gasteiger partial charge is 0.455 e. The normalized spacial score (nSPS) is 10.2. The number of nitrogens with zero attached hydrogens (tertiary/aromatic N) is 2. The molecule has 0 fully saturated rings. The average Bonchev–Trinajstić information content (AvgIpc) is 2.69. The van der Waals surface area contributed by atoms with Crippen LogP contribution in [0.15, 0.2) is 67.0 Å². The van der Waals surface area contributed by atoms with Gasteiger partial charge >= 0.3 is 0 Å². The zero-order chi connectivity index (χ0) is 18.2. The molecule has 1 amide bonds. The fraction of sp³-hybridized carbons (Fsp3) is 0.150. The molecule has 26 heavy (non-hydrogen) atoms. The van der Waals surface area contributed by atoms with Gasteiger partial charge < -0.3 is 15.4 Å². The molecule has 0 unspecified atom stereocenters. The fourth-order valence-electron chi connectivity index (χ4n) is 2.29. The molecule has 0 saturated carbocycles. The topological polar surface area (TPSA) is 76.1 Å². The standard InChI is InChI=1S/C20H20N4O2/c1-2-12-21-20(25)17-13-19(23-14-22-17)24-16-10-6-7-11-18(16)26-15-8-4-3-5-9-15/h3-11,13-14H,2,12H2,1H3,(H,21,25)(H,22,23,24). The Morgan fingerprint density at radius 2 is 1.81 bits per heavy atom. The molecule has 1 heterocycles. The molecular formula is C20H20N4O2. The Kier molecular flexibility index (Phi) is 5.77. The van der Waals surface area contributed by atoms with Crippen molar-refractivity contribution in [2.45, 2.75) is 13.3 Å². The Hall–Kier alpha value is -3.41. The van der Waals surface area contributed by atoms with E-state index in [2.05, 4.69) is 20.6 Å². The van der Waals surface area contributed by atoms with Gasteiger partial charge in [-0.1, -0.05) is 37.3 Å². The van der Waals surface area contributed by atoms with Gasteiger partial charge in [-0.05, 0) is 30.7 Å². The summed E-state index contributed by atoms with van der Waals surface area (Å²) in [6.07, 6.45) is 2.23. The molecule has 0 bridgehead atoms. The lowest BCUT2D eigenvalue weighted by atomic mass is 10.2. The van der Waals surface area contributed by atoms with E-state index < -0.39 is 0 Å². The first-order chi connectivity index (χ1) is 12.8. The van der Waals surface area contributed by atoms with E-state index in [0.717, 1.165) is 17.9 Å². The number of anilines is 2. The van der Waals surface area contributed by atoms with Crippen LogP contribution in [0.25, 0.3) is 0 Å². The predicted molar refractivity (Wildman–Crippen MR) is 101 cm³/mol. The Morgan fingerprint density at radius 1 is 1.04 bits per heavy atom. The van der Waals surface area contributed by atoms with Crippen molar-refractivity contribution in [2.75, 3.05) is 11.9 Å². The summed E-state index contributed by atoms with van der Waals surface area (Å²) in [7, 11) is 0. The Balaban J connectivity index is 1.78. The molecule has 0 saturated heterocycles. The highest BCUT2D eigenvalue weighted by molar-refractivity contribution is 5.93. The maximum atomic E-state index is 12.1. The van der Waals surface area contributed by atoms with E-state index in [0.29, 0.717) is 23.8 Å². The molecular weight excluding hydrogens is 328 g/mol. The van der Waals surface area contributed by atoms with Crippen molar-refractivity contribution in [2.24, 2.45) is 0 Å². The Bertz CT molecular complexity index is 868. The lowest BCUT2D eigenvalue weighted by Crippen LogP contribution is -2.25. The second kappa shape index (κ2) is 8.62. The number of amides is 1. The third-order valence-electron chi connectivity index (χ3n) is 3.56. The number of hydrogen-bond acceptors (Lipinski definition) is 5. The van der Waals surface area contributed by atoms with E-state index >= 15 is 0 Å². The number of carbonyl (C=O) groups is 1.